The molecule has 2 N–H and O–H groups in total. The van der Waals surface area contributed by atoms with E-state index in [1.807, 2.05) is 36.4 Å². The minimum absolute atomic E-state index is 0.268. The predicted molar refractivity (Wildman–Crippen MR) is 244 cm³/mol. The Morgan fingerprint density at radius 3 is 0.810 bits per heavy atom. The maximum absolute atomic E-state index is 9.59. The van der Waals surface area contributed by atoms with E-state index in [2.05, 4.69) is 180 Å². The molecule has 0 atom stereocenters. The SMILES string of the molecule is Oc1ccc(C=Cc2ccc(N(c3ccccc3)c3ccc(CCc4ccc(N(c5ccccc5)c5ccc(C=Cc6ccc(O)cc6)cc5)cc4)cc3)cc2)cc1. The number of hydrogen-bond acceptors (Lipinski definition) is 4. The summed E-state index contributed by atoms with van der Waals surface area (Å²) in [6.07, 6.45) is 10.2. The molecule has 0 unspecified atom stereocenters. The topological polar surface area (TPSA) is 46.9 Å². The minimum atomic E-state index is 0.268. The van der Waals surface area contributed by atoms with E-state index in [0.29, 0.717) is 0 Å². The van der Waals surface area contributed by atoms with Crippen LogP contribution in [0.4, 0.5) is 34.1 Å². The molecule has 0 saturated carbocycles. The molecule has 8 rings (SSSR count). The summed E-state index contributed by atoms with van der Waals surface area (Å²) in [7, 11) is 0. The van der Waals surface area contributed by atoms with Crippen molar-refractivity contribution < 1.29 is 10.2 Å². The van der Waals surface area contributed by atoms with Gasteiger partial charge >= 0.3 is 0 Å². The summed E-state index contributed by atoms with van der Waals surface area (Å²) in [5.74, 6) is 0.536. The van der Waals surface area contributed by atoms with Gasteiger partial charge in [-0.3, -0.25) is 0 Å². The average Bonchev–Trinajstić information content (AvgIpc) is 3.28. The van der Waals surface area contributed by atoms with Crippen molar-refractivity contribution in [2.45, 2.75) is 12.8 Å². The molecule has 0 spiro atoms. The van der Waals surface area contributed by atoms with Crippen molar-refractivity contribution in [1.29, 1.82) is 0 Å². The number of rotatable bonds is 13. The quantitative estimate of drug-likeness (QED) is 0.115. The molecule has 0 radical (unpaired) electrons. The fourth-order valence-electron chi connectivity index (χ4n) is 6.99. The molecule has 4 heteroatoms. The largest absolute Gasteiger partial charge is 0.508 e. The van der Waals surface area contributed by atoms with Crippen molar-refractivity contribution in [3.63, 3.8) is 0 Å². The molecule has 0 aliphatic heterocycles. The first-order chi connectivity index (χ1) is 28.5. The van der Waals surface area contributed by atoms with Gasteiger partial charge in [0.15, 0.2) is 0 Å². The third-order valence-corrected chi connectivity index (χ3v) is 10.1. The summed E-state index contributed by atoms with van der Waals surface area (Å²) >= 11 is 0. The maximum atomic E-state index is 9.59. The van der Waals surface area contributed by atoms with E-state index >= 15 is 0 Å². The van der Waals surface area contributed by atoms with E-state index < -0.39 is 0 Å². The van der Waals surface area contributed by atoms with Crippen LogP contribution in [0.2, 0.25) is 0 Å². The molecule has 0 amide bonds. The lowest BCUT2D eigenvalue weighted by atomic mass is 10.0. The van der Waals surface area contributed by atoms with Gasteiger partial charge in [0.05, 0.1) is 0 Å². The van der Waals surface area contributed by atoms with E-state index in [0.717, 1.165) is 69.2 Å². The minimum Gasteiger partial charge on any atom is -0.508 e. The smallest absolute Gasteiger partial charge is 0.115 e. The van der Waals surface area contributed by atoms with Crippen LogP contribution in [0.5, 0.6) is 11.5 Å². The van der Waals surface area contributed by atoms with Gasteiger partial charge in [-0.2, -0.15) is 0 Å². The van der Waals surface area contributed by atoms with Crippen LogP contribution in [0.1, 0.15) is 33.4 Å². The van der Waals surface area contributed by atoms with Gasteiger partial charge in [0, 0.05) is 34.1 Å². The van der Waals surface area contributed by atoms with Gasteiger partial charge < -0.3 is 20.0 Å². The number of phenols is 2. The van der Waals surface area contributed by atoms with Crippen molar-refractivity contribution in [2.24, 2.45) is 0 Å². The van der Waals surface area contributed by atoms with Crippen molar-refractivity contribution in [3.8, 4) is 11.5 Å². The van der Waals surface area contributed by atoms with E-state index in [1.54, 1.807) is 24.3 Å². The standard InChI is InChI=1S/C54H44N2O2/c57-53-37-25-45(26-38-53)15-13-43-21-33-51(34-22-43)55(47-7-3-1-4-8-47)49-29-17-41(18-30-49)11-12-42-19-31-50(32-20-42)56(48-9-5-2-6-10-48)52-35-23-44(24-36-52)14-16-46-27-39-54(58)40-28-46/h1-10,13-40,57-58H,11-12H2. The monoisotopic (exact) mass is 752 g/mol. The Kier molecular flexibility index (Phi) is 11.6. The van der Waals surface area contributed by atoms with E-state index in [-0.39, 0.29) is 11.5 Å². The van der Waals surface area contributed by atoms with Crippen molar-refractivity contribution in [2.75, 3.05) is 9.80 Å². The highest BCUT2D eigenvalue weighted by Gasteiger charge is 2.14. The highest BCUT2D eigenvalue weighted by Crippen LogP contribution is 2.36. The number of hydrogen-bond donors (Lipinski definition) is 2. The summed E-state index contributed by atoms with van der Waals surface area (Å²) in [4.78, 5) is 4.58. The number of nitrogens with zero attached hydrogens (tertiary/aromatic N) is 2. The van der Waals surface area contributed by atoms with Crippen LogP contribution in [-0.2, 0) is 12.8 Å². The van der Waals surface area contributed by atoms with Gasteiger partial charge in [0.25, 0.3) is 0 Å². The van der Waals surface area contributed by atoms with Crippen molar-refractivity contribution >= 4 is 58.4 Å². The molecular formula is C54H44N2O2. The van der Waals surface area contributed by atoms with E-state index in [9.17, 15) is 10.2 Å². The summed E-state index contributed by atoms with van der Waals surface area (Å²) in [5, 5.41) is 19.2. The Balaban J connectivity index is 0.946. The van der Waals surface area contributed by atoms with Gasteiger partial charge in [-0.05, 0) is 143 Å². The maximum Gasteiger partial charge on any atom is 0.115 e. The number of aryl methyl sites for hydroxylation is 2. The van der Waals surface area contributed by atoms with Gasteiger partial charge in [0.2, 0.25) is 0 Å². The van der Waals surface area contributed by atoms with Crippen LogP contribution in [0, 0.1) is 0 Å². The third-order valence-electron chi connectivity index (χ3n) is 10.1. The number of para-hydroxylation sites is 2. The molecule has 8 aromatic carbocycles. The summed E-state index contributed by atoms with van der Waals surface area (Å²) in [6.45, 7) is 0. The molecular weight excluding hydrogens is 709 g/mol. The molecule has 0 bridgehead atoms. The average molecular weight is 753 g/mol. The predicted octanol–water partition coefficient (Wildman–Crippen LogP) is 14.2. The molecule has 0 aromatic heterocycles. The van der Waals surface area contributed by atoms with Crippen LogP contribution in [-0.4, -0.2) is 10.2 Å². The second-order valence-electron chi connectivity index (χ2n) is 14.2. The molecule has 0 saturated heterocycles. The zero-order chi connectivity index (χ0) is 39.5. The molecule has 8 aromatic rings. The van der Waals surface area contributed by atoms with E-state index in [4.69, 9.17) is 0 Å². The van der Waals surface area contributed by atoms with Gasteiger partial charge in [-0.25, -0.2) is 0 Å². The third kappa shape index (κ3) is 9.44. The van der Waals surface area contributed by atoms with Gasteiger partial charge in [-0.15, -0.1) is 0 Å². The lowest BCUT2D eigenvalue weighted by Gasteiger charge is -2.26. The number of phenolic OH excluding ortho intramolecular Hbond substituents is 2. The van der Waals surface area contributed by atoms with Crippen molar-refractivity contribution in [3.05, 3.63) is 240 Å². The van der Waals surface area contributed by atoms with Crippen LogP contribution in [0.15, 0.2) is 206 Å². The normalized spacial score (nSPS) is 11.2. The van der Waals surface area contributed by atoms with Crippen LogP contribution >= 0.6 is 0 Å². The fourth-order valence-corrected chi connectivity index (χ4v) is 6.99. The molecule has 0 aliphatic carbocycles. The van der Waals surface area contributed by atoms with Crippen LogP contribution in [0.25, 0.3) is 24.3 Å². The lowest BCUT2D eigenvalue weighted by molar-refractivity contribution is 0.474. The molecule has 282 valence electrons. The zero-order valence-corrected chi connectivity index (χ0v) is 32.1. The van der Waals surface area contributed by atoms with E-state index in [1.165, 1.54) is 11.1 Å². The molecule has 0 aliphatic rings. The highest BCUT2D eigenvalue weighted by atomic mass is 16.3. The first-order valence-electron chi connectivity index (χ1n) is 19.6. The summed E-state index contributed by atoms with van der Waals surface area (Å²) in [5.41, 5.74) is 13.5. The first-order valence-corrected chi connectivity index (χ1v) is 19.6. The van der Waals surface area contributed by atoms with Gasteiger partial charge in [-0.1, -0.05) is 133 Å². The lowest BCUT2D eigenvalue weighted by Crippen LogP contribution is -2.10. The number of aromatic hydroxyl groups is 2. The Morgan fingerprint density at radius 2 is 0.517 bits per heavy atom. The van der Waals surface area contributed by atoms with Crippen molar-refractivity contribution in [1.82, 2.24) is 0 Å². The Bertz CT molecular complexity index is 2380. The number of anilines is 6. The zero-order valence-electron chi connectivity index (χ0n) is 32.1. The Morgan fingerprint density at radius 1 is 0.276 bits per heavy atom. The van der Waals surface area contributed by atoms with Crippen LogP contribution < -0.4 is 9.80 Å². The molecule has 0 heterocycles. The molecule has 58 heavy (non-hydrogen) atoms. The Labute approximate surface area is 341 Å². The van der Waals surface area contributed by atoms with Gasteiger partial charge in [0.1, 0.15) is 11.5 Å². The fraction of sp³-hybridized carbons (Fsp3) is 0.0370. The molecule has 4 nitrogen and oxygen atoms in total. The highest BCUT2D eigenvalue weighted by molar-refractivity contribution is 5.80. The van der Waals surface area contributed by atoms with Crippen LogP contribution in [0.3, 0.4) is 0 Å². The second-order valence-corrected chi connectivity index (χ2v) is 14.2. The summed E-state index contributed by atoms with van der Waals surface area (Å²) in [6, 6.07) is 70.4. The summed E-state index contributed by atoms with van der Waals surface area (Å²) < 4.78 is 0. The Hall–Kier alpha value is -7.56. The first kappa shape index (κ1) is 37.4. The number of benzene rings is 8. The molecule has 0 fully saturated rings. The second kappa shape index (κ2) is 17.9.